The molecule has 2 aliphatic heterocycles. The molecular weight excluding hydrogens is 347 g/mol. The summed E-state index contributed by atoms with van der Waals surface area (Å²) >= 11 is 6.43. The number of benzene rings is 1. The van der Waals surface area contributed by atoms with Gasteiger partial charge >= 0.3 is 0 Å². The second-order valence-corrected chi connectivity index (χ2v) is 6.81. The number of halogens is 2. The first-order valence-electron chi connectivity index (χ1n) is 8.80. The second kappa shape index (κ2) is 9.71. The lowest BCUT2D eigenvalue weighted by atomic mass is 10.0. The maximum Gasteiger partial charge on any atom is 0.179 e. The van der Waals surface area contributed by atoms with Gasteiger partial charge in [0.1, 0.15) is 0 Å². The van der Waals surface area contributed by atoms with Gasteiger partial charge in [-0.05, 0) is 56.6 Å². The Kier molecular flexibility index (Phi) is 7.95. The highest BCUT2D eigenvalue weighted by atomic mass is 35.5. The van der Waals surface area contributed by atoms with Crippen molar-refractivity contribution in [3.05, 3.63) is 22.7 Å². The first-order valence-corrected chi connectivity index (χ1v) is 9.18. The highest BCUT2D eigenvalue weighted by molar-refractivity contribution is 6.32. The van der Waals surface area contributed by atoms with E-state index in [-0.39, 0.29) is 12.4 Å². The van der Waals surface area contributed by atoms with Crippen molar-refractivity contribution in [2.45, 2.75) is 45.2 Å². The minimum absolute atomic E-state index is 0. The fraction of sp³-hybridized carbons (Fsp3) is 0.667. The van der Waals surface area contributed by atoms with Gasteiger partial charge in [0, 0.05) is 19.0 Å². The van der Waals surface area contributed by atoms with E-state index in [0.717, 1.165) is 38.3 Å². The van der Waals surface area contributed by atoms with E-state index in [1.165, 1.54) is 24.8 Å². The molecule has 4 nitrogen and oxygen atoms in total. The molecule has 0 saturated carbocycles. The van der Waals surface area contributed by atoms with Gasteiger partial charge in [-0.3, -0.25) is 4.90 Å². The van der Waals surface area contributed by atoms with Crippen LogP contribution in [0, 0.1) is 0 Å². The number of fused-ring (bicyclic) bond motifs is 1. The summed E-state index contributed by atoms with van der Waals surface area (Å²) in [6.45, 7) is 7.89. The summed E-state index contributed by atoms with van der Waals surface area (Å²) in [5, 5.41) is 4.12. The molecule has 6 heteroatoms. The molecule has 136 valence electrons. The summed E-state index contributed by atoms with van der Waals surface area (Å²) in [6.07, 6.45) is 4.51. The van der Waals surface area contributed by atoms with E-state index >= 15 is 0 Å². The van der Waals surface area contributed by atoms with Crippen molar-refractivity contribution in [3.63, 3.8) is 0 Å². The van der Waals surface area contributed by atoms with Crippen LogP contribution in [0.4, 0.5) is 0 Å². The maximum atomic E-state index is 6.43. The van der Waals surface area contributed by atoms with E-state index < -0.39 is 0 Å². The van der Waals surface area contributed by atoms with Gasteiger partial charge in [-0.2, -0.15) is 0 Å². The fourth-order valence-electron chi connectivity index (χ4n) is 3.46. The Balaban J connectivity index is 0.00000208. The van der Waals surface area contributed by atoms with Crippen molar-refractivity contribution in [3.8, 4) is 11.5 Å². The zero-order valence-corrected chi connectivity index (χ0v) is 15.9. The quantitative estimate of drug-likeness (QED) is 0.847. The molecule has 3 rings (SSSR count). The van der Waals surface area contributed by atoms with Crippen LogP contribution in [0.5, 0.6) is 11.5 Å². The molecule has 0 radical (unpaired) electrons. The SMILES string of the molecule is CCCN(Cc1cc(Cl)c2c(c1)OCCCO2)C1CCNCC1.Cl. The summed E-state index contributed by atoms with van der Waals surface area (Å²) in [4.78, 5) is 2.59. The molecule has 0 bridgehead atoms. The lowest BCUT2D eigenvalue weighted by Gasteiger charge is -2.34. The number of ether oxygens (including phenoxy) is 2. The molecule has 2 heterocycles. The van der Waals surface area contributed by atoms with Crippen molar-refractivity contribution in [2.75, 3.05) is 32.8 Å². The summed E-state index contributed by atoms with van der Waals surface area (Å²) in [6, 6.07) is 4.81. The Morgan fingerprint density at radius 1 is 1.21 bits per heavy atom. The van der Waals surface area contributed by atoms with Crippen LogP contribution >= 0.6 is 24.0 Å². The monoisotopic (exact) mass is 374 g/mol. The molecular formula is C18H28Cl2N2O2. The molecule has 1 N–H and O–H groups in total. The smallest absolute Gasteiger partial charge is 0.179 e. The van der Waals surface area contributed by atoms with Crippen molar-refractivity contribution in [2.24, 2.45) is 0 Å². The largest absolute Gasteiger partial charge is 0.489 e. The molecule has 0 spiro atoms. The van der Waals surface area contributed by atoms with Crippen molar-refractivity contribution >= 4 is 24.0 Å². The Labute approximate surface area is 156 Å². The maximum absolute atomic E-state index is 6.43. The van der Waals surface area contributed by atoms with E-state index in [2.05, 4.69) is 23.2 Å². The van der Waals surface area contributed by atoms with Crippen molar-refractivity contribution in [1.29, 1.82) is 0 Å². The van der Waals surface area contributed by atoms with Crippen molar-refractivity contribution in [1.82, 2.24) is 10.2 Å². The predicted molar refractivity (Wildman–Crippen MR) is 101 cm³/mol. The van der Waals surface area contributed by atoms with Gasteiger partial charge in [0.15, 0.2) is 11.5 Å². The van der Waals surface area contributed by atoms with Crippen molar-refractivity contribution < 1.29 is 9.47 Å². The summed E-state index contributed by atoms with van der Waals surface area (Å²) in [5.74, 6) is 1.50. The third-order valence-electron chi connectivity index (χ3n) is 4.58. The van der Waals surface area contributed by atoms with Gasteiger partial charge in [-0.15, -0.1) is 12.4 Å². The van der Waals surface area contributed by atoms with Gasteiger partial charge in [0.25, 0.3) is 0 Å². The number of nitrogens with one attached hydrogen (secondary N) is 1. The number of hydrogen-bond donors (Lipinski definition) is 1. The lowest BCUT2D eigenvalue weighted by molar-refractivity contribution is 0.154. The minimum Gasteiger partial charge on any atom is -0.489 e. The summed E-state index contributed by atoms with van der Waals surface area (Å²) in [7, 11) is 0. The molecule has 1 aromatic rings. The molecule has 1 fully saturated rings. The number of rotatable bonds is 5. The number of hydrogen-bond acceptors (Lipinski definition) is 4. The van der Waals surface area contributed by atoms with Crippen LogP contribution < -0.4 is 14.8 Å². The average Bonchev–Trinajstić information content (AvgIpc) is 2.81. The topological polar surface area (TPSA) is 33.7 Å². The van der Waals surface area contributed by atoms with Crippen LogP contribution in [0.15, 0.2) is 12.1 Å². The fourth-order valence-corrected chi connectivity index (χ4v) is 3.75. The van der Waals surface area contributed by atoms with Crippen LogP contribution in [-0.4, -0.2) is 43.8 Å². The van der Waals surface area contributed by atoms with E-state index in [1.807, 2.05) is 6.07 Å². The molecule has 0 aromatic heterocycles. The molecule has 1 saturated heterocycles. The molecule has 0 amide bonds. The lowest BCUT2D eigenvalue weighted by Crippen LogP contribution is -2.43. The Morgan fingerprint density at radius 2 is 1.96 bits per heavy atom. The highest BCUT2D eigenvalue weighted by Crippen LogP contribution is 2.38. The van der Waals surface area contributed by atoms with Crippen LogP contribution in [0.3, 0.4) is 0 Å². The first kappa shape index (κ1) is 19.6. The van der Waals surface area contributed by atoms with Gasteiger partial charge in [0.2, 0.25) is 0 Å². The molecule has 1 aromatic carbocycles. The number of piperidine rings is 1. The molecule has 0 unspecified atom stereocenters. The first-order chi connectivity index (χ1) is 11.3. The van der Waals surface area contributed by atoms with Crippen LogP contribution in [0.2, 0.25) is 5.02 Å². The molecule has 0 atom stereocenters. The minimum atomic E-state index is 0. The van der Waals surface area contributed by atoms with Crippen LogP contribution in [0.1, 0.15) is 38.2 Å². The molecule has 0 aliphatic carbocycles. The Morgan fingerprint density at radius 3 is 2.71 bits per heavy atom. The van der Waals surface area contributed by atoms with Gasteiger partial charge < -0.3 is 14.8 Å². The third kappa shape index (κ3) is 4.92. The zero-order valence-electron chi connectivity index (χ0n) is 14.4. The van der Waals surface area contributed by atoms with Gasteiger partial charge in [-0.1, -0.05) is 18.5 Å². The Hall–Kier alpha value is -0.680. The number of nitrogens with zero attached hydrogens (tertiary/aromatic N) is 1. The predicted octanol–water partition coefficient (Wildman–Crippen LogP) is 3.89. The normalized spacial score (nSPS) is 18.1. The van der Waals surface area contributed by atoms with Crippen LogP contribution in [0.25, 0.3) is 0 Å². The van der Waals surface area contributed by atoms with Crippen LogP contribution in [-0.2, 0) is 6.54 Å². The second-order valence-electron chi connectivity index (χ2n) is 6.41. The van der Waals surface area contributed by atoms with E-state index in [0.29, 0.717) is 30.0 Å². The van der Waals surface area contributed by atoms with E-state index in [9.17, 15) is 0 Å². The summed E-state index contributed by atoms with van der Waals surface area (Å²) in [5.41, 5.74) is 1.21. The standard InChI is InChI=1S/C18H27ClN2O2.ClH/c1-2-8-21(15-4-6-20-7-5-15)13-14-11-16(19)18-17(12-14)22-9-3-10-23-18;/h11-12,15,20H,2-10,13H2,1H3;1H. The van der Waals surface area contributed by atoms with E-state index in [1.54, 1.807) is 0 Å². The third-order valence-corrected chi connectivity index (χ3v) is 4.86. The molecule has 24 heavy (non-hydrogen) atoms. The van der Waals surface area contributed by atoms with E-state index in [4.69, 9.17) is 21.1 Å². The Bertz CT molecular complexity index is 522. The zero-order chi connectivity index (χ0) is 16.1. The molecule has 2 aliphatic rings. The average molecular weight is 375 g/mol. The highest BCUT2D eigenvalue weighted by Gasteiger charge is 2.22. The summed E-state index contributed by atoms with van der Waals surface area (Å²) < 4.78 is 11.5. The van der Waals surface area contributed by atoms with Gasteiger partial charge in [-0.25, -0.2) is 0 Å². The van der Waals surface area contributed by atoms with Gasteiger partial charge in [0.05, 0.1) is 18.2 Å².